The first-order valence-electron chi connectivity index (χ1n) is 10.0. The molecule has 7 rings (SSSR count). The van der Waals surface area contributed by atoms with Crippen LogP contribution >= 0.6 is 0 Å². The van der Waals surface area contributed by atoms with E-state index in [1.807, 2.05) is 24.3 Å². The Bertz CT molecular complexity index is 1320. The van der Waals surface area contributed by atoms with E-state index in [1.54, 1.807) is 21.5 Å². The summed E-state index contributed by atoms with van der Waals surface area (Å²) in [7, 11) is 0. The molecule has 0 amide bonds. The number of rotatable bonds is 2. The van der Waals surface area contributed by atoms with Crippen LogP contribution < -0.4 is 11.4 Å². The van der Waals surface area contributed by atoms with Gasteiger partial charge in [-0.15, -0.1) is 0 Å². The third kappa shape index (κ3) is 1.73. The second-order valence-electron chi connectivity index (χ2n) is 8.27. The molecule has 0 N–H and O–H groups in total. The quantitative estimate of drug-likeness (QED) is 0.637. The van der Waals surface area contributed by atoms with E-state index >= 15 is 0 Å². The fourth-order valence-electron chi connectivity index (χ4n) is 6.04. The topological polar surface area (TPSA) is 48.9 Å². The van der Waals surface area contributed by atoms with Crippen LogP contribution in [0, 0.1) is 5.92 Å². The molecule has 2 bridgehead atoms. The standard InChI is InChI=1S/C24H21N3O2/c1-15-16(2)24(17-9-5-3-6-10-17)20-14-13-19(21(15)24)26-22(28)25(23(29)27(20)26)18-11-7-4-8-12-18/h3-14,19-21H,1-2H3/t19-,20-,21-,24+/m0/s1. The molecule has 2 aliphatic carbocycles. The summed E-state index contributed by atoms with van der Waals surface area (Å²) >= 11 is 0. The number of hydrogen-bond donors (Lipinski definition) is 0. The monoisotopic (exact) mass is 383 g/mol. The van der Waals surface area contributed by atoms with Crippen molar-refractivity contribution in [1.29, 1.82) is 0 Å². The number of hydrogen-bond acceptors (Lipinski definition) is 2. The number of nitrogens with zero attached hydrogens (tertiary/aromatic N) is 3. The first-order chi connectivity index (χ1) is 14.1. The van der Waals surface area contributed by atoms with Gasteiger partial charge in [-0.3, -0.25) is 0 Å². The molecule has 0 unspecified atom stereocenters. The van der Waals surface area contributed by atoms with Crippen LogP contribution in [0.4, 0.5) is 0 Å². The van der Waals surface area contributed by atoms with Crippen molar-refractivity contribution >= 4 is 0 Å². The molecule has 5 nitrogen and oxygen atoms in total. The minimum absolute atomic E-state index is 0.158. The molecule has 144 valence electrons. The van der Waals surface area contributed by atoms with Gasteiger partial charge in [0.2, 0.25) is 0 Å². The van der Waals surface area contributed by atoms with E-state index < -0.39 is 0 Å². The highest BCUT2D eigenvalue weighted by Crippen LogP contribution is 2.66. The highest BCUT2D eigenvalue weighted by molar-refractivity contribution is 5.56. The Morgan fingerprint density at radius 1 is 0.793 bits per heavy atom. The first-order valence-corrected chi connectivity index (χ1v) is 10.0. The van der Waals surface area contributed by atoms with Gasteiger partial charge >= 0.3 is 11.4 Å². The number of para-hydroxylation sites is 1. The van der Waals surface area contributed by atoms with Crippen LogP contribution in [0.3, 0.4) is 0 Å². The Morgan fingerprint density at radius 3 is 2.10 bits per heavy atom. The zero-order chi connectivity index (χ0) is 19.9. The van der Waals surface area contributed by atoms with Crippen molar-refractivity contribution in [3.8, 4) is 5.69 Å². The molecule has 0 radical (unpaired) electrons. The molecular formula is C24H21N3O2. The van der Waals surface area contributed by atoms with Crippen molar-refractivity contribution in [2.24, 2.45) is 5.92 Å². The Labute approximate surface area is 167 Å². The molecule has 3 aromatic rings. The average molecular weight is 383 g/mol. The largest absolute Gasteiger partial charge is 0.352 e. The van der Waals surface area contributed by atoms with Crippen LogP contribution in [-0.2, 0) is 5.41 Å². The molecule has 0 spiro atoms. The maximum absolute atomic E-state index is 13.5. The summed E-state index contributed by atoms with van der Waals surface area (Å²) in [4.78, 5) is 26.9. The Kier molecular flexibility index (Phi) is 3.08. The lowest BCUT2D eigenvalue weighted by atomic mass is 9.46. The molecule has 2 aliphatic heterocycles. The molecule has 0 saturated heterocycles. The van der Waals surface area contributed by atoms with Crippen molar-refractivity contribution in [1.82, 2.24) is 13.9 Å². The second kappa shape index (κ2) is 5.38. The van der Waals surface area contributed by atoms with E-state index in [0.717, 1.165) is 0 Å². The molecule has 0 fully saturated rings. The zero-order valence-corrected chi connectivity index (χ0v) is 16.3. The average Bonchev–Trinajstić information content (AvgIpc) is 3.05. The molecule has 0 saturated carbocycles. The third-order valence-electron chi connectivity index (χ3n) is 7.29. The van der Waals surface area contributed by atoms with Crippen molar-refractivity contribution in [3.63, 3.8) is 0 Å². The predicted molar refractivity (Wildman–Crippen MR) is 111 cm³/mol. The SMILES string of the molecule is CC1=C(C)[C@@]2(c3ccccc3)[C@@H]3C=C[C@@H]([C@H]12)n1c(=O)n(-c2ccccc2)c(=O)n13. The van der Waals surface area contributed by atoms with Gasteiger partial charge in [0.05, 0.1) is 23.2 Å². The number of allylic oxidation sites excluding steroid dienone is 4. The molecule has 5 heteroatoms. The van der Waals surface area contributed by atoms with Gasteiger partial charge in [-0.2, -0.15) is 0 Å². The highest BCUT2D eigenvalue weighted by atomic mass is 16.2. The van der Waals surface area contributed by atoms with Gasteiger partial charge in [0.15, 0.2) is 0 Å². The van der Waals surface area contributed by atoms with E-state index in [-0.39, 0.29) is 34.8 Å². The maximum Gasteiger partial charge on any atom is 0.352 e. The van der Waals surface area contributed by atoms with E-state index in [0.29, 0.717) is 5.69 Å². The molecule has 4 aliphatic rings. The lowest BCUT2D eigenvalue weighted by Crippen LogP contribution is -2.63. The highest BCUT2D eigenvalue weighted by Gasteiger charge is 2.64. The van der Waals surface area contributed by atoms with E-state index in [4.69, 9.17) is 0 Å². The normalized spacial score (nSPS) is 28.8. The predicted octanol–water partition coefficient (Wildman–Crippen LogP) is 3.37. The van der Waals surface area contributed by atoms with Crippen LogP contribution in [0.15, 0.2) is 93.6 Å². The van der Waals surface area contributed by atoms with Gasteiger partial charge < -0.3 is 0 Å². The second-order valence-corrected chi connectivity index (χ2v) is 8.27. The molecule has 3 heterocycles. The van der Waals surface area contributed by atoms with Gasteiger partial charge in [0.25, 0.3) is 0 Å². The van der Waals surface area contributed by atoms with Gasteiger partial charge in [0, 0.05) is 5.92 Å². The zero-order valence-electron chi connectivity index (χ0n) is 16.3. The smallest absolute Gasteiger partial charge is 0.245 e. The summed E-state index contributed by atoms with van der Waals surface area (Å²) in [5.41, 5.74) is 3.65. The number of benzene rings is 2. The van der Waals surface area contributed by atoms with Crippen molar-refractivity contribution in [2.75, 3.05) is 0 Å². The molecule has 2 aromatic carbocycles. The van der Waals surface area contributed by atoms with Gasteiger partial charge in [-0.05, 0) is 31.5 Å². The van der Waals surface area contributed by atoms with Gasteiger partial charge in [-0.25, -0.2) is 23.5 Å². The molecule has 29 heavy (non-hydrogen) atoms. The minimum atomic E-state index is -0.274. The summed E-state index contributed by atoms with van der Waals surface area (Å²) in [5, 5.41) is 0. The van der Waals surface area contributed by atoms with Crippen LogP contribution in [-0.4, -0.2) is 13.9 Å². The summed E-state index contributed by atoms with van der Waals surface area (Å²) in [6, 6.07) is 19.3. The van der Waals surface area contributed by atoms with E-state index in [2.05, 4.69) is 50.3 Å². The van der Waals surface area contributed by atoms with Crippen LogP contribution in [0.1, 0.15) is 31.5 Å². The van der Waals surface area contributed by atoms with E-state index in [1.165, 1.54) is 21.3 Å². The lowest BCUT2D eigenvalue weighted by Gasteiger charge is -2.62. The Hall–Kier alpha value is -3.34. The van der Waals surface area contributed by atoms with Crippen LogP contribution in [0.5, 0.6) is 0 Å². The summed E-state index contributed by atoms with van der Waals surface area (Å²) in [5.74, 6) is 0.184. The van der Waals surface area contributed by atoms with Crippen molar-refractivity contribution in [3.05, 3.63) is 110 Å². The van der Waals surface area contributed by atoms with Crippen molar-refractivity contribution < 1.29 is 0 Å². The Balaban J connectivity index is 1.67. The molecular weight excluding hydrogens is 362 g/mol. The van der Waals surface area contributed by atoms with E-state index in [9.17, 15) is 9.59 Å². The Morgan fingerprint density at radius 2 is 1.41 bits per heavy atom. The molecule has 4 atom stereocenters. The first kappa shape index (κ1) is 16.6. The van der Waals surface area contributed by atoms with Gasteiger partial charge in [-0.1, -0.05) is 71.8 Å². The lowest BCUT2D eigenvalue weighted by molar-refractivity contribution is 0.0784. The maximum atomic E-state index is 13.5. The summed E-state index contributed by atoms with van der Waals surface area (Å²) < 4.78 is 4.68. The van der Waals surface area contributed by atoms with Crippen LogP contribution in [0.2, 0.25) is 0 Å². The summed E-state index contributed by atoms with van der Waals surface area (Å²) in [6.07, 6.45) is 4.24. The van der Waals surface area contributed by atoms with Crippen molar-refractivity contribution in [2.45, 2.75) is 31.3 Å². The number of aromatic nitrogens is 3. The summed E-state index contributed by atoms with van der Waals surface area (Å²) in [6.45, 7) is 4.34. The molecule has 1 aromatic heterocycles. The fourth-order valence-corrected chi connectivity index (χ4v) is 6.04. The third-order valence-corrected chi connectivity index (χ3v) is 7.29. The van der Waals surface area contributed by atoms with Gasteiger partial charge in [0.1, 0.15) is 0 Å². The fraction of sp³-hybridized carbons (Fsp3) is 0.250. The van der Waals surface area contributed by atoms with Crippen LogP contribution in [0.25, 0.3) is 5.69 Å². The minimum Gasteiger partial charge on any atom is -0.245 e.